The minimum atomic E-state index is -0.250. The second-order valence-corrected chi connectivity index (χ2v) is 5.95. The van der Waals surface area contributed by atoms with E-state index in [1.54, 1.807) is 12.1 Å². The Morgan fingerprint density at radius 1 is 1.40 bits per heavy atom. The Hall–Kier alpha value is -2.04. The smallest absolute Gasteiger partial charge is 0.227 e. The minimum absolute atomic E-state index is 0.0432. The molecule has 0 fully saturated rings. The van der Waals surface area contributed by atoms with Crippen molar-refractivity contribution >= 4 is 17.5 Å². The Kier molecular flexibility index (Phi) is 3.97. The minimum Gasteiger partial charge on any atom is -0.491 e. The fourth-order valence-corrected chi connectivity index (χ4v) is 2.02. The molecule has 0 saturated carbocycles. The maximum Gasteiger partial charge on any atom is 0.227 e. The van der Waals surface area contributed by atoms with Crippen LogP contribution in [0.4, 0.5) is 5.69 Å². The van der Waals surface area contributed by atoms with Gasteiger partial charge in [-0.25, -0.2) is 0 Å². The Bertz CT molecular complexity index is 532. The van der Waals surface area contributed by atoms with Crippen molar-refractivity contribution in [2.75, 3.05) is 11.9 Å². The predicted octanol–water partition coefficient (Wildman–Crippen LogP) is 1.86. The van der Waals surface area contributed by atoms with Crippen LogP contribution in [0.2, 0.25) is 0 Å². The van der Waals surface area contributed by atoms with Crippen molar-refractivity contribution in [3.05, 3.63) is 23.8 Å². The zero-order valence-corrected chi connectivity index (χ0v) is 12.1. The maximum absolute atomic E-state index is 11.9. The number of amides is 2. The highest BCUT2D eigenvalue weighted by molar-refractivity contribution is 5.93. The number of rotatable bonds is 2. The van der Waals surface area contributed by atoms with Crippen LogP contribution in [0.5, 0.6) is 5.75 Å². The van der Waals surface area contributed by atoms with Gasteiger partial charge in [0.25, 0.3) is 0 Å². The Morgan fingerprint density at radius 2 is 2.15 bits per heavy atom. The lowest BCUT2D eigenvalue weighted by molar-refractivity contribution is -0.121. The molecular formula is C15H20N2O3. The first-order valence-electron chi connectivity index (χ1n) is 6.70. The summed E-state index contributed by atoms with van der Waals surface area (Å²) in [5.41, 5.74) is 1.23. The summed E-state index contributed by atoms with van der Waals surface area (Å²) in [6.45, 7) is 6.20. The molecule has 0 atom stereocenters. The first-order valence-corrected chi connectivity index (χ1v) is 6.70. The van der Waals surface area contributed by atoms with E-state index in [1.807, 2.05) is 26.8 Å². The van der Waals surface area contributed by atoms with E-state index in [0.29, 0.717) is 24.5 Å². The molecule has 0 aromatic heterocycles. The topological polar surface area (TPSA) is 67.4 Å². The van der Waals surface area contributed by atoms with E-state index in [4.69, 9.17) is 4.74 Å². The van der Waals surface area contributed by atoms with Crippen LogP contribution in [-0.2, 0) is 16.0 Å². The molecule has 5 heteroatoms. The van der Waals surface area contributed by atoms with Crippen LogP contribution in [0.1, 0.15) is 32.8 Å². The molecule has 1 aliphatic rings. The number of ether oxygens (including phenoxy) is 1. The van der Waals surface area contributed by atoms with E-state index < -0.39 is 0 Å². The van der Waals surface area contributed by atoms with Gasteiger partial charge in [0, 0.05) is 5.54 Å². The van der Waals surface area contributed by atoms with E-state index in [1.165, 1.54) is 0 Å². The van der Waals surface area contributed by atoms with Gasteiger partial charge in [-0.3, -0.25) is 9.59 Å². The molecule has 1 heterocycles. The van der Waals surface area contributed by atoms with Crippen molar-refractivity contribution in [3.63, 3.8) is 0 Å². The molecule has 0 unspecified atom stereocenters. The van der Waals surface area contributed by atoms with Crippen molar-refractivity contribution in [2.45, 2.75) is 39.2 Å². The monoisotopic (exact) mass is 276 g/mol. The lowest BCUT2D eigenvalue weighted by Gasteiger charge is -2.20. The molecule has 2 amide bonds. The molecule has 1 aromatic carbocycles. The van der Waals surface area contributed by atoms with Crippen LogP contribution >= 0.6 is 0 Å². The van der Waals surface area contributed by atoms with Gasteiger partial charge >= 0.3 is 0 Å². The molecule has 0 bridgehead atoms. The third-order valence-electron chi connectivity index (χ3n) is 2.78. The van der Waals surface area contributed by atoms with Crippen molar-refractivity contribution in [1.82, 2.24) is 5.32 Å². The van der Waals surface area contributed by atoms with Crippen molar-refractivity contribution in [2.24, 2.45) is 0 Å². The second kappa shape index (κ2) is 5.53. The SMILES string of the molecule is CC(C)(C)NC(=O)Cc1ccc2c(c1)NC(=O)CCO2. The number of carbonyl (C=O) groups excluding carboxylic acids is 2. The Morgan fingerprint density at radius 3 is 2.85 bits per heavy atom. The highest BCUT2D eigenvalue weighted by atomic mass is 16.5. The molecule has 1 aliphatic heterocycles. The number of hydrogen-bond donors (Lipinski definition) is 2. The average Bonchev–Trinajstić information content (AvgIpc) is 2.46. The fraction of sp³-hybridized carbons (Fsp3) is 0.467. The molecule has 2 rings (SSSR count). The largest absolute Gasteiger partial charge is 0.491 e. The molecule has 20 heavy (non-hydrogen) atoms. The lowest BCUT2D eigenvalue weighted by atomic mass is 10.1. The summed E-state index contributed by atoms with van der Waals surface area (Å²) < 4.78 is 5.48. The summed E-state index contributed by atoms with van der Waals surface area (Å²) in [7, 11) is 0. The normalized spacial score (nSPS) is 14.7. The molecule has 1 aromatic rings. The molecule has 0 radical (unpaired) electrons. The summed E-state index contributed by atoms with van der Waals surface area (Å²) in [5, 5.41) is 5.70. The highest BCUT2D eigenvalue weighted by Crippen LogP contribution is 2.28. The van der Waals surface area contributed by atoms with Crippen LogP contribution in [0, 0.1) is 0 Å². The molecule has 0 aliphatic carbocycles. The second-order valence-electron chi connectivity index (χ2n) is 5.95. The van der Waals surface area contributed by atoms with E-state index in [9.17, 15) is 9.59 Å². The van der Waals surface area contributed by atoms with E-state index in [0.717, 1.165) is 5.56 Å². The number of hydrogen-bond acceptors (Lipinski definition) is 3. The molecule has 2 N–H and O–H groups in total. The van der Waals surface area contributed by atoms with Crippen LogP contribution in [0.25, 0.3) is 0 Å². The van der Waals surface area contributed by atoms with Crippen molar-refractivity contribution in [3.8, 4) is 5.75 Å². The first kappa shape index (κ1) is 14.4. The third kappa shape index (κ3) is 3.98. The summed E-state index contributed by atoms with van der Waals surface area (Å²) >= 11 is 0. The van der Waals surface area contributed by atoms with Gasteiger partial charge in [0.15, 0.2) is 0 Å². The van der Waals surface area contributed by atoms with E-state index in [-0.39, 0.29) is 23.8 Å². The van der Waals surface area contributed by atoms with E-state index in [2.05, 4.69) is 10.6 Å². The van der Waals surface area contributed by atoms with E-state index >= 15 is 0 Å². The first-order chi connectivity index (χ1) is 9.33. The zero-order chi connectivity index (χ0) is 14.8. The molecule has 5 nitrogen and oxygen atoms in total. The quantitative estimate of drug-likeness (QED) is 0.866. The zero-order valence-electron chi connectivity index (χ0n) is 12.1. The van der Waals surface area contributed by atoms with Crippen LogP contribution < -0.4 is 15.4 Å². The number of benzene rings is 1. The van der Waals surface area contributed by atoms with Gasteiger partial charge in [-0.05, 0) is 38.5 Å². The predicted molar refractivity (Wildman–Crippen MR) is 76.8 cm³/mol. The van der Waals surface area contributed by atoms with Crippen molar-refractivity contribution in [1.29, 1.82) is 0 Å². The molecule has 0 saturated heterocycles. The average molecular weight is 276 g/mol. The van der Waals surface area contributed by atoms with Gasteiger partial charge in [0.1, 0.15) is 5.75 Å². The number of nitrogens with one attached hydrogen (secondary N) is 2. The van der Waals surface area contributed by atoms with Crippen LogP contribution in [0.3, 0.4) is 0 Å². The summed E-state index contributed by atoms with van der Waals surface area (Å²) in [6, 6.07) is 5.43. The van der Waals surface area contributed by atoms with Crippen molar-refractivity contribution < 1.29 is 14.3 Å². The molecular weight excluding hydrogens is 256 g/mol. The standard InChI is InChI=1S/C15H20N2O3/c1-15(2,3)17-14(19)9-10-4-5-12-11(8-10)16-13(18)6-7-20-12/h4-5,8H,6-7,9H2,1-3H3,(H,16,18)(H,17,19). The van der Waals surface area contributed by atoms with Gasteiger partial charge in [0.2, 0.25) is 11.8 Å². The van der Waals surface area contributed by atoms with Gasteiger partial charge < -0.3 is 15.4 Å². The third-order valence-corrected chi connectivity index (χ3v) is 2.78. The van der Waals surface area contributed by atoms with Gasteiger partial charge in [-0.15, -0.1) is 0 Å². The van der Waals surface area contributed by atoms with Crippen LogP contribution in [-0.4, -0.2) is 24.0 Å². The van der Waals surface area contributed by atoms with Crippen LogP contribution in [0.15, 0.2) is 18.2 Å². The van der Waals surface area contributed by atoms with Gasteiger partial charge in [-0.1, -0.05) is 6.07 Å². The lowest BCUT2D eigenvalue weighted by Crippen LogP contribution is -2.41. The fourth-order valence-electron chi connectivity index (χ4n) is 2.02. The number of fused-ring (bicyclic) bond motifs is 1. The van der Waals surface area contributed by atoms with Gasteiger partial charge in [-0.2, -0.15) is 0 Å². The number of carbonyl (C=O) groups is 2. The molecule has 0 spiro atoms. The summed E-state index contributed by atoms with van der Waals surface area (Å²) in [4.78, 5) is 23.4. The maximum atomic E-state index is 11.9. The number of anilines is 1. The highest BCUT2D eigenvalue weighted by Gasteiger charge is 2.17. The Labute approximate surface area is 118 Å². The molecule has 108 valence electrons. The van der Waals surface area contributed by atoms with Gasteiger partial charge in [0.05, 0.1) is 25.1 Å². The summed E-state index contributed by atoms with van der Waals surface area (Å²) in [5.74, 6) is 0.536. The summed E-state index contributed by atoms with van der Waals surface area (Å²) in [6.07, 6.45) is 0.620. The Balaban J connectivity index is 2.11.